The van der Waals surface area contributed by atoms with Gasteiger partial charge in [-0.3, -0.25) is 0 Å². The molecular weight excluding hydrogens is 240 g/mol. The molecule has 2 N–H and O–H groups in total. The van der Waals surface area contributed by atoms with Gasteiger partial charge in [0.15, 0.2) is 5.11 Å². The van der Waals surface area contributed by atoms with Crippen molar-refractivity contribution in [2.45, 2.75) is 6.42 Å². The summed E-state index contributed by atoms with van der Waals surface area (Å²) in [6.07, 6.45) is 10.9. The molecule has 0 spiro atoms. The monoisotopic (exact) mass is 254 g/mol. The highest BCUT2D eigenvalue weighted by Crippen LogP contribution is 2.14. The lowest BCUT2D eigenvalue weighted by atomic mass is 10.0. The Labute approximate surface area is 112 Å². The van der Waals surface area contributed by atoms with Crippen LogP contribution in [0.4, 0.5) is 0 Å². The van der Waals surface area contributed by atoms with E-state index in [1.807, 2.05) is 30.4 Å². The predicted molar refractivity (Wildman–Crippen MR) is 81.5 cm³/mol. The molecule has 0 atom stereocenters. The molecule has 90 valence electrons. The first-order valence-corrected chi connectivity index (χ1v) is 6.12. The molecule has 0 unspecified atom stereocenters. The van der Waals surface area contributed by atoms with Gasteiger partial charge in [0.2, 0.25) is 0 Å². The highest BCUT2D eigenvalue weighted by atomic mass is 32.1. The summed E-state index contributed by atoms with van der Waals surface area (Å²) in [6, 6.07) is 10.2. The second-order valence-electron chi connectivity index (χ2n) is 3.96. The Balaban J connectivity index is 2.08. The van der Waals surface area contributed by atoms with Crippen LogP contribution in [0.3, 0.4) is 0 Å². The third-order valence-electron chi connectivity index (χ3n) is 2.53. The summed E-state index contributed by atoms with van der Waals surface area (Å²) < 4.78 is 0. The molecule has 0 saturated carbocycles. The Kier molecular flexibility index (Phi) is 4.20. The summed E-state index contributed by atoms with van der Waals surface area (Å²) in [5, 5.41) is 0.183. The highest BCUT2D eigenvalue weighted by molar-refractivity contribution is 7.80. The minimum Gasteiger partial charge on any atom is -0.374 e. The molecule has 0 aliphatic heterocycles. The van der Waals surface area contributed by atoms with Gasteiger partial charge < -0.3 is 5.73 Å². The molecule has 1 aliphatic rings. The molecule has 2 rings (SSSR count). The number of aliphatic imine (C=N–C) groups is 1. The van der Waals surface area contributed by atoms with E-state index in [2.05, 4.69) is 35.4 Å². The minimum atomic E-state index is 0.183. The van der Waals surface area contributed by atoms with Gasteiger partial charge in [0.1, 0.15) is 0 Å². The zero-order valence-electron chi connectivity index (χ0n) is 9.91. The van der Waals surface area contributed by atoms with Gasteiger partial charge in [-0.2, -0.15) is 0 Å². The van der Waals surface area contributed by atoms with E-state index in [4.69, 9.17) is 18.0 Å². The molecule has 3 heteroatoms. The molecule has 1 aliphatic carbocycles. The van der Waals surface area contributed by atoms with Crippen LogP contribution in [-0.2, 0) is 0 Å². The molecule has 0 heterocycles. The van der Waals surface area contributed by atoms with E-state index >= 15 is 0 Å². The molecule has 0 bridgehead atoms. The van der Waals surface area contributed by atoms with Gasteiger partial charge in [-0.15, -0.1) is 0 Å². The number of hydrogen-bond donors (Lipinski definition) is 1. The minimum absolute atomic E-state index is 0.183. The van der Waals surface area contributed by atoms with Crippen LogP contribution in [0.25, 0.3) is 6.08 Å². The topological polar surface area (TPSA) is 38.4 Å². The van der Waals surface area contributed by atoms with Gasteiger partial charge in [0.05, 0.1) is 0 Å². The van der Waals surface area contributed by atoms with Crippen LogP contribution >= 0.6 is 12.2 Å². The molecule has 2 nitrogen and oxygen atoms in total. The van der Waals surface area contributed by atoms with E-state index in [9.17, 15) is 0 Å². The normalized spacial score (nSPS) is 17.1. The van der Waals surface area contributed by atoms with Crippen LogP contribution in [-0.4, -0.2) is 10.8 Å². The maximum absolute atomic E-state index is 5.41. The van der Waals surface area contributed by atoms with E-state index in [0.717, 1.165) is 12.1 Å². The van der Waals surface area contributed by atoms with E-state index in [1.54, 1.807) is 0 Å². The number of rotatable bonds is 2. The van der Waals surface area contributed by atoms with E-state index in [-0.39, 0.29) is 5.11 Å². The van der Waals surface area contributed by atoms with Gasteiger partial charge >= 0.3 is 0 Å². The molecule has 1 aromatic carbocycles. The Morgan fingerprint density at radius 1 is 1.22 bits per heavy atom. The number of thiocarbonyl (C=S) groups is 1. The third-order valence-corrected chi connectivity index (χ3v) is 2.62. The Morgan fingerprint density at radius 2 is 2.00 bits per heavy atom. The van der Waals surface area contributed by atoms with Crippen molar-refractivity contribution in [1.29, 1.82) is 0 Å². The van der Waals surface area contributed by atoms with Gasteiger partial charge in [0.25, 0.3) is 0 Å². The molecule has 0 aromatic heterocycles. The smallest absolute Gasteiger partial charge is 0.190 e. The summed E-state index contributed by atoms with van der Waals surface area (Å²) in [7, 11) is 0. The molecule has 0 saturated heterocycles. The van der Waals surface area contributed by atoms with Crippen LogP contribution in [0.15, 0.2) is 65.2 Å². The van der Waals surface area contributed by atoms with Crippen molar-refractivity contribution >= 4 is 29.1 Å². The number of nitrogens with two attached hydrogens (primary N) is 1. The maximum Gasteiger partial charge on any atom is 0.190 e. The Morgan fingerprint density at radius 3 is 2.72 bits per heavy atom. The predicted octanol–water partition coefficient (Wildman–Crippen LogP) is 3.27. The fourth-order valence-corrected chi connectivity index (χ4v) is 1.83. The second-order valence-corrected chi connectivity index (χ2v) is 4.38. The van der Waals surface area contributed by atoms with E-state index < -0.39 is 0 Å². The van der Waals surface area contributed by atoms with Crippen molar-refractivity contribution in [3.05, 3.63) is 65.8 Å². The van der Waals surface area contributed by atoms with Crippen molar-refractivity contribution in [3.8, 4) is 0 Å². The summed E-state index contributed by atoms with van der Waals surface area (Å²) in [6.45, 7) is 0. The molecule has 0 radical (unpaired) electrons. The van der Waals surface area contributed by atoms with Crippen LogP contribution in [0.1, 0.15) is 12.0 Å². The van der Waals surface area contributed by atoms with Gasteiger partial charge in [0, 0.05) is 12.1 Å². The fraction of sp³-hybridized carbons (Fsp3) is 0.0667. The Hall–Kier alpha value is -2.00. The molecule has 18 heavy (non-hydrogen) atoms. The molecule has 1 aromatic rings. The summed E-state index contributed by atoms with van der Waals surface area (Å²) in [5.41, 5.74) is 8.68. The average Bonchev–Trinajstić information content (AvgIpc) is 2.37. The van der Waals surface area contributed by atoms with Crippen LogP contribution < -0.4 is 5.73 Å². The first-order valence-electron chi connectivity index (χ1n) is 5.71. The van der Waals surface area contributed by atoms with E-state index in [0.29, 0.717) is 0 Å². The molecule has 0 fully saturated rings. The largest absolute Gasteiger partial charge is 0.374 e. The maximum atomic E-state index is 5.41. The van der Waals surface area contributed by atoms with Crippen molar-refractivity contribution in [2.24, 2.45) is 10.7 Å². The highest BCUT2D eigenvalue weighted by Gasteiger charge is 2.03. The van der Waals surface area contributed by atoms with Crippen molar-refractivity contribution in [1.82, 2.24) is 0 Å². The van der Waals surface area contributed by atoms with E-state index in [1.165, 1.54) is 11.1 Å². The number of allylic oxidation sites excluding steroid dienone is 5. The van der Waals surface area contributed by atoms with Crippen molar-refractivity contribution < 1.29 is 0 Å². The molecule has 0 amide bonds. The third kappa shape index (κ3) is 3.79. The first-order chi connectivity index (χ1) is 8.74. The van der Waals surface area contributed by atoms with Crippen molar-refractivity contribution in [2.75, 3.05) is 0 Å². The number of hydrogen-bond acceptors (Lipinski definition) is 1. The summed E-state index contributed by atoms with van der Waals surface area (Å²) >= 11 is 4.78. The molecular formula is C15H14N2S. The quantitative estimate of drug-likeness (QED) is 0.823. The summed E-state index contributed by atoms with van der Waals surface area (Å²) in [4.78, 5) is 4.11. The SMILES string of the molecule is NC(=S)N=C1C=CC=C(C=Cc2ccccc2)C1. The summed E-state index contributed by atoms with van der Waals surface area (Å²) in [5.74, 6) is 0. The van der Waals surface area contributed by atoms with Crippen molar-refractivity contribution in [3.63, 3.8) is 0 Å². The van der Waals surface area contributed by atoms with Crippen LogP contribution in [0, 0.1) is 0 Å². The zero-order valence-corrected chi connectivity index (χ0v) is 10.7. The van der Waals surface area contributed by atoms with Gasteiger partial charge in [-0.05, 0) is 29.4 Å². The standard InChI is InChI=1S/C15H14N2S/c16-15(18)17-14-8-4-7-13(11-14)10-9-12-5-2-1-3-6-12/h1-10H,11H2,(H2,16,18). The zero-order chi connectivity index (χ0) is 12.8. The number of nitrogens with zero attached hydrogens (tertiary/aromatic N) is 1. The van der Waals surface area contributed by atoms with Gasteiger partial charge in [-0.1, -0.05) is 54.6 Å². The average molecular weight is 254 g/mol. The van der Waals surface area contributed by atoms with Gasteiger partial charge in [-0.25, -0.2) is 4.99 Å². The lowest BCUT2D eigenvalue weighted by Crippen LogP contribution is -2.09. The Bertz CT molecular complexity index is 551. The van der Waals surface area contributed by atoms with Crippen LogP contribution in [0.5, 0.6) is 0 Å². The number of benzene rings is 1. The lowest BCUT2D eigenvalue weighted by Gasteiger charge is -2.06. The lowest BCUT2D eigenvalue weighted by molar-refractivity contribution is 1.33. The first kappa shape index (κ1) is 12.5. The second kappa shape index (κ2) is 6.07. The fourth-order valence-electron chi connectivity index (χ4n) is 1.71. The van der Waals surface area contributed by atoms with Crippen LogP contribution in [0.2, 0.25) is 0 Å².